The first kappa shape index (κ1) is 14.3. The Hall–Kier alpha value is -1.07. The number of amides is 1. The van der Waals surface area contributed by atoms with E-state index in [0.29, 0.717) is 17.1 Å². The number of carboxylic acid groups (broad SMARTS) is 1. The Bertz CT molecular complexity index is 535. The van der Waals surface area contributed by atoms with Crippen LogP contribution in [0.5, 0.6) is 0 Å². The van der Waals surface area contributed by atoms with Gasteiger partial charge in [-0.15, -0.1) is 0 Å². The molecule has 4 nitrogen and oxygen atoms in total. The molecule has 0 saturated carbocycles. The molecule has 1 saturated heterocycles. The molecule has 102 valence electrons. The number of hydrogen-bond donors (Lipinski definition) is 1. The maximum Gasteiger partial charge on any atom is 0.309 e. The van der Waals surface area contributed by atoms with Gasteiger partial charge in [0.1, 0.15) is 0 Å². The van der Waals surface area contributed by atoms with Gasteiger partial charge in [-0.25, -0.2) is 0 Å². The molecular weight excluding hydrogens is 334 g/mol. The molecule has 1 fully saturated rings. The fourth-order valence-electron chi connectivity index (χ4n) is 2.51. The average molecular weight is 347 g/mol. The summed E-state index contributed by atoms with van der Waals surface area (Å²) >= 11 is 9.51. The minimum atomic E-state index is -0.967. The number of carbonyl (C=O) groups is 2. The van der Waals surface area contributed by atoms with Gasteiger partial charge >= 0.3 is 5.97 Å². The highest BCUT2D eigenvalue weighted by Gasteiger charge is 2.44. The molecule has 19 heavy (non-hydrogen) atoms. The molecule has 1 N–H and O–H groups in total. The third-order valence-electron chi connectivity index (χ3n) is 3.37. The number of carboxylic acids is 1. The molecule has 0 aliphatic carbocycles. The maximum atomic E-state index is 11.9. The van der Waals surface area contributed by atoms with E-state index in [-0.39, 0.29) is 12.3 Å². The van der Waals surface area contributed by atoms with E-state index in [1.165, 1.54) is 0 Å². The van der Waals surface area contributed by atoms with Gasteiger partial charge in [-0.1, -0.05) is 27.5 Å². The molecule has 1 aliphatic rings. The number of nitrogens with zero attached hydrogens (tertiary/aromatic N) is 1. The maximum absolute atomic E-state index is 11.9. The lowest BCUT2D eigenvalue weighted by Crippen LogP contribution is -2.30. The Balaban J connectivity index is 2.51. The third-order valence-corrected chi connectivity index (χ3v) is 4.20. The summed E-state index contributed by atoms with van der Waals surface area (Å²) in [4.78, 5) is 24.8. The number of aliphatic carboxylic acids is 1. The first-order valence-corrected chi connectivity index (χ1v) is 7.10. The monoisotopic (exact) mass is 345 g/mol. The van der Waals surface area contributed by atoms with Crippen molar-refractivity contribution in [3.63, 3.8) is 0 Å². The summed E-state index contributed by atoms with van der Waals surface area (Å²) in [6.07, 6.45) is 0.0245. The third kappa shape index (κ3) is 2.62. The molecule has 2 rings (SSSR count). The van der Waals surface area contributed by atoms with E-state index >= 15 is 0 Å². The Morgan fingerprint density at radius 1 is 1.58 bits per heavy atom. The van der Waals surface area contributed by atoms with Gasteiger partial charge in [0.2, 0.25) is 5.91 Å². The van der Waals surface area contributed by atoms with E-state index in [0.717, 1.165) is 4.47 Å². The summed E-state index contributed by atoms with van der Waals surface area (Å²) in [5.74, 6) is -1.86. The van der Waals surface area contributed by atoms with E-state index < -0.39 is 17.9 Å². The van der Waals surface area contributed by atoms with Crippen molar-refractivity contribution in [1.29, 1.82) is 0 Å². The minimum Gasteiger partial charge on any atom is -0.481 e. The van der Waals surface area contributed by atoms with Crippen LogP contribution in [0.4, 0.5) is 0 Å². The van der Waals surface area contributed by atoms with Crippen LogP contribution in [0.3, 0.4) is 0 Å². The molecule has 2 unspecified atom stereocenters. The van der Waals surface area contributed by atoms with Crippen LogP contribution < -0.4 is 0 Å². The topological polar surface area (TPSA) is 57.6 Å². The Kier molecular flexibility index (Phi) is 4.16. The fraction of sp³-hybridized carbons (Fsp3) is 0.385. The standard InChI is InChI=1S/C13H13BrClNO3/c1-2-16-11(17)6-9(13(18)19)12(16)8-5-7(14)3-4-10(8)15/h3-5,9,12H,2,6H2,1H3,(H,18,19). The molecule has 1 amide bonds. The van der Waals surface area contributed by atoms with Gasteiger partial charge in [-0.3, -0.25) is 9.59 Å². The summed E-state index contributed by atoms with van der Waals surface area (Å²) in [6, 6.07) is 4.77. The highest BCUT2D eigenvalue weighted by Crippen LogP contribution is 2.41. The molecule has 0 bridgehead atoms. The molecule has 1 aromatic rings. The Labute approximate surface area is 124 Å². The van der Waals surface area contributed by atoms with Crippen molar-refractivity contribution in [3.05, 3.63) is 33.3 Å². The van der Waals surface area contributed by atoms with Gasteiger partial charge < -0.3 is 10.0 Å². The summed E-state index contributed by atoms with van der Waals surface area (Å²) in [5.41, 5.74) is 0.677. The van der Waals surface area contributed by atoms with Gasteiger partial charge in [0.05, 0.1) is 12.0 Å². The molecular formula is C13H13BrClNO3. The number of benzene rings is 1. The molecule has 1 heterocycles. The summed E-state index contributed by atoms with van der Waals surface area (Å²) in [7, 11) is 0. The first-order chi connectivity index (χ1) is 8.95. The Morgan fingerprint density at radius 3 is 2.84 bits per heavy atom. The lowest BCUT2D eigenvalue weighted by Gasteiger charge is -2.27. The number of halogens is 2. The fourth-order valence-corrected chi connectivity index (χ4v) is 3.12. The van der Waals surface area contributed by atoms with Crippen LogP contribution >= 0.6 is 27.5 Å². The molecule has 0 aromatic heterocycles. The number of likely N-dealkylation sites (tertiary alicyclic amines) is 1. The summed E-state index contributed by atoms with van der Waals surface area (Å²) in [6.45, 7) is 2.30. The van der Waals surface area contributed by atoms with Gasteiger partial charge in [-0.2, -0.15) is 0 Å². The van der Waals surface area contributed by atoms with E-state index in [9.17, 15) is 14.7 Å². The van der Waals surface area contributed by atoms with Crippen molar-refractivity contribution in [3.8, 4) is 0 Å². The predicted molar refractivity (Wildman–Crippen MR) is 75.0 cm³/mol. The van der Waals surface area contributed by atoms with Crippen molar-refractivity contribution in [2.24, 2.45) is 5.92 Å². The largest absolute Gasteiger partial charge is 0.481 e. The van der Waals surface area contributed by atoms with Crippen molar-refractivity contribution in [2.75, 3.05) is 6.54 Å². The van der Waals surface area contributed by atoms with Crippen molar-refractivity contribution in [2.45, 2.75) is 19.4 Å². The van der Waals surface area contributed by atoms with Crippen LogP contribution in [-0.2, 0) is 9.59 Å². The number of hydrogen-bond acceptors (Lipinski definition) is 2. The van der Waals surface area contributed by atoms with E-state index in [1.807, 2.05) is 6.92 Å². The molecule has 1 aromatic carbocycles. The molecule has 2 atom stereocenters. The van der Waals surface area contributed by atoms with Crippen molar-refractivity contribution >= 4 is 39.4 Å². The average Bonchev–Trinajstić information content (AvgIpc) is 2.69. The van der Waals surface area contributed by atoms with Crippen LogP contribution in [0.2, 0.25) is 5.02 Å². The van der Waals surface area contributed by atoms with Gasteiger partial charge in [0, 0.05) is 22.5 Å². The molecule has 1 aliphatic heterocycles. The number of carbonyl (C=O) groups excluding carboxylic acids is 1. The zero-order valence-corrected chi connectivity index (χ0v) is 12.6. The number of rotatable bonds is 3. The summed E-state index contributed by atoms with van der Waals surface area (Å²) < 4.78 is 0.812. The van der Waals surface area contributed by atoms with Gasteiger partial charge in [0.15, 0.2) is 0 Å². The second-order valence-electron chi connectivity index (χ2n) is 4.44. The molecule has 0 spiro atoms. The lowest BCUT2D eigenvalue weighted by molar-refractivity contribution is -0.142. The highest BCUT2D eigenvalue weighted by molar-refractivity contribution is 9.10. The molecule has 0 radical (unpaired) electrons. The quantitative estimate of drug-likeness (QED) is 0.915. The van der Waals surface area contributed by atoms with Crippen LogP contribution in [0, 0.1) is 5.92 Å². The molecule has 6 heteroatoms. The van der Waals surface area contributed by atoms with Crippen LogP contribution in [0.25, 0.3) is 0 Å². The minimum absolute atomic E-state index is 0.0245. The smallest absolute Gasteiger partial charge is 0.309 e. The van der Waals surface area contributed by atoms with Gasteiger partial charge in [-0.05, 0) is 30.7 Å². The second-order valence-corrected chi connectivity index (χ2v) is 5.76. The van der Waals surface area contributed by atoms with E-state index in [4.69, 9.17) is 11.6 Å². The van der Waals surface area contributed by atoms with E-state index in [2.05, 4.69) is 15.9 Å². The van der Waals surface area contributed by atoms with Gasteiger partial charge in [0.25, 0.3) is 0 Å². The second kappa shape index (κ2) is 5.51. The zero-order valence-electron chi connectivity index (χ0n) is 10.3. The summed E-state index contributed by atoms with van der Waals surface area (Å²) in [5, 5.41) is 9.78. The SMILES string of the molecule is CCN1C(=O)CC(C(=O)O)C1c1cc(Br)ccc1Cl. The van der Waals surface area contributed by atoms with Crippen LogP contribution in [-0.4, -0.2) is 28.4 Å². The zero-order chi connectivity index (χ0) is 14.2. The lowest BCUT2D eigenvalue weighted by atomic mass is 9.93. The van der Waals surface area contributed by atoms with Crippen molar-refractivity contribution < 1.29 is 14.7 Å². The normalized spacial score (nSPS) is 22.9. The van der Waals surface area contributed by atoms with E-state index in [1.54, 1.807) is 23.1 Å². The van der Waals surface area contributed by atoms with Crippen LogP contribution in [0.15, 0.2) is 22.7 Å². The first-order valence-electron chi connectivity index (χ1n) is 5.93. The highest BCUT2D eigenvalue weighted by atomic mass is 79.9. The van der Waals surface area contributed by atoms with Crippen LogP contribution in [0.1, 0.15) is 24.9 Å². The Morgan fingerprint density at radius 2 is 2.26 bits per heavy atom. The predicted octanol–water partition coefficient (Wildman–Crippen LogP) is 3.10. The van der Waals surface area contributed by atoms with Crippen molar-refractivity contribution in [1.82, 2.24) is 4.90 Å².